The molecule has 0 fully saturated rings. The van der Waals surface area contributed by atoms with Crippen molar-refractivity contribution in [2.45, 2.75) is 11.3 Å². The van der Waals surface area contributed by atoms with Crippen LogP contribution in [0.1, 0.15) is 5.56 Å². The summed E-state index contributed by atoms with van der Waals surface area (Å²) in [5.74, 6) is -1.31. The van der Waals surface area contributed by atoms with Crippen LogP contribution in [0.15, 0.2) is 41.3 Å². The highest BCUT2D eigenvalue weighted by atomic mass is 32.2. The Hall–Kier alpha value is -2.15. The van der Waals surface area contributed by atoms with E-state index in [2.05, 4.69) is 0 Å². The zero-order valence-corrected chi connectivity index (χ0v) is 11.6. The van der Waals surface area contributed by atoms with Crippen LogP contribution >= 0.6 is 0 Å². The lowest BCUT2D eigenvalue weighted by atomic mass is 10.2. The predicted molar refractivity (Wildman–Crippen MR) is 72.8 cm³/mol. The average Bonchev–Trinajstić information content (AvgIpc) is 2.90. The molecule has 0 atom stereocenters. The van der Waals surface area contributed by atoms with Gasteiger partial charge in [0.1, 0.15) is 23.1 Å². The first-order valence-corrected chi connectivity index (χ1v) is 7.68. The average molecular weight is 311 g/mol. The first-order valence-electron chi connectivity index (χ1n) is 6.20. The number of fused-ring (bicyclic) bond motifs is 1. The SMILES string of the molecule is O=S(=O)(Nc1c(F)cccc1F)c1ccc2c(c1)CCO2. The van der Waals surface area contributed by atoms with Crippen LogP contribution in [0.2, 0.25) is 0 Å². The Morgan fingerprint density at radius 3 is 2.52 bits per heavy atom. The van der Waals surface area contributed by atoms with E-state index in [1.807, 2.05) is 4.72 Å². The van der Waals surface area contributed by atoms with Crippen LogP contribution in [0, 0.1) is 11.6 Å². The number of benzene rings is 2. The molecule has 4 nitrogen and oxygen atoms in total. The van der Waals surface area contributed by atoms with Crippen LogP contribution in [-0.2, 0) is 16.4 Å². The molecule has 0 radical (unpaired) electrons. The fourth-order valence-corrected chi connectivity index (χ4v) is 3.24. The highest BCUT2D eigenvalue weighted by molar-refractivity contribution is 7.92. The molecular weight excluding hydrogens is 300 g/mol. The lowest BCUT2D eigenvalue weighted by molar-refractivity contribution is 0.356. The van der Waals surface area contributed by atoms with Gasteiger partial charge >= 0.3 is 0 Å². The Kier molecular flexibility index (Phi) is 3.29. The van der Waals surface area contributed by atoms with Crippen molar-refractivity contribution in [2.75, 3.05) is 11.3 Å². The van der Waals surface area contributed by atoms with E-state index in [1.165, 1.54) is 18.2 Å². The molecule has 1 N–H and O–H groups in total. The molecule has 1 aliphatic heterocycles. The van der Waals surface area contributed by atoms with Gasteiger partial charge < -0.3 is 4.74 Å². The van der Waals surface area contributed by atoms with E-state index >= 15 is 0 Å². The largest absolute Gasteiger partial charge is 0.493 e. The van der Waals surface area contributed by atoms with Gasteiger partial charge in [0.15, 0.2) is 0 Å². The Morgan fingerprint density at radius 2 is 1.81 bits per heavy atom. The topological polar surface area (TPSA) is 55.4 Å². The van der Waals surface area contributed by atoms with E-state index < -0.39 is 27.3 Å². The van der Waals surface area contributed by atoms with Gasteiger partial charge in [-0.1, -0.05) is 6.07 Å². The van der Waals surface area contributed by atoms with Crippen LogP contribution in [-0.4, -0.2) is 15.0 Å². The molecule has 3 rings (SSSR count). The first kappa shape index (κ1) is 13.8. The van der Waals surface area contributed by atoms with Gasteiger partial charge in [-0.3, -0.25) is 4.72 Å². The Labute approximate surface area is 120 Å². The third-order valence-electron chi connectivity index (χ3n) is 3.17. The molecule has 1 aliphatic rings. The first-order chi connectivity index (χ1) is 9.97. The van der Waals surface area contributed by atoms with Gasteiger partial charge in [-0.15, -0.1) is 0 Å². The monoisotopic (exact) mass is 311 g/mol. The Morgan fingerprint density at radius 1 is 1.10 bits per heavy atom. The number of sulfonamides is 1. The smallest absolute Gasteiger partial charge is 0.262 e. The van der Waals surface area contributed by atoms with E-state index in [0.717, 1.165) is 23.8 Å². The van der Waals surface area contributed by atoms with Gasteiger partial charge in [0.2, 0.25) is 0 Å². The van der Waals surface area contributed by atoms with E-state index in [1.54, 1.807) is 0 Å². The number of para-hydroxylation sites is 1. The van der Waals surface area contributed by atoms with Crippen molar-refractivity contribution in [2.24, 2.45) is 0 Å². The molecule has 2 aromatic carbocycles. The molecule has 0 amide bonds. The minimum atomic E-state index is -4.07. The number of halogens is 2. The quantitative estimate of drug-likeness (QED) is 0.948. The van der Waals surface area contributed by atoms with Crippen LogP contribution < -0.4 is 9.46 Å². The maximum absolute atomic E-state index is 13.5. The van der Waals surface area contributed by atoms with Crippen molar-refractivity contribution in [3.63, 3.8) is 0 Å². The maximum Gasteiger partial charge on any atom is 0.262 e. The second-order valence-electron chi connectivity index (χ2n) is 4.57. The standard InChI is InChI=1S/C14H11F2NO3S/c15-11-2-1-3-12(16)14(11)17-21(18,19)10-4-5-13-9(8-10)6-7-20-13/h1-5,8,17H,6-7H2. The van der Waals surface area contributed by atoms with Crippen LogP contribution in [0.25, 0.3) is 0 Å². The predicted octanol–water partition coefficient (Wildman–Crippen LogP) is 2.70. The third-order valence-corrected chi connectivity index (χ3v) is 4.52. The summed E-state index contributed by atoms with van der Waals surface area (Å²) < 4.78 is 58.7. The molecule has 0 aliphatic carbocycles. The lowest BCUT2D eigenvalue weighted by Crippen LogP contribution is -2.15. The van der Waals surface area contributed by atoms with Crippen molar-refractivity contribution in [3.05, 3.63) is 53.6 Å². The highest BCUT2D eigenvalue weighted by Crippen LogP contribution is 2.29. The summed E-state index contributed by atoms with van der Waals surface area (Å²) in [5.41, 5.74) is 0.0705. The van der Waals surface area contributed by atoms with E-state index in [4.69, 9.17) is 4.74 Å². The summed E-state index contributed by atoms with van der Waals surface area (Å²) in [6.45, 7) is 0.494. The van der Waals surface area contributed by atoms with Crippen molar-refractivity contribution in [1.82, 2.24) is 0 Å². The Balaban J connectivity index is 1.98. The van der Waals surface area contributed by atoms with Crippen LogP contribution in [0.3, 0.4) is 0 Å². The number of anilines is 1. The molecule has 0 saturated carbocycles. The molecular formula is C14H11F2NO3S. The summed E-state index contributed by atoms with van der Waals surface area (Å²) in [5, 5.41) is 0. The molecule has 0 saturated heterocycles. The molecule has 110 valence electrons. The second kappa shape index (κ2) is 5.00. The molecule has 1 heterocycles. The van der Waals surface area contributed by atoms with Gasteiger partial charge in [-0.05, 0) is 35.9 Å². The van der Waals surface area contributed by atoms with Crippen molar-refractivity contribution in [3.8, 4) is 5.75 Å². The molecule has 0 unspecified atom stereocenters. The van der Waals surface area contributed by atoms with Crippen LogP contribution in [0.5, 0.6) is 5.75 Å². The maximum atomic E-state index is 13.5. The molecule has 21 heavy (non-hydrogen) atoms. The molecule has 0 aromatic heterocycles. The molecule has 0 spiro atoms. The van der Waals surface area contributed by atoms with Crippen LogP contribution in [0.4, 0.5) is 14.5 Å². The zero-order valence-electron chi connectivity index (χ0n) is 10.8. The van der Waals surface area contributed by atoms with Gasteiger partial charge in [0.05, 0.1) is 11.5 Å². The third kappa shape index (κ3) is 2.56. The van der Waals surface area contributed by atoms with Crippen molar-refractivity contribution < 1.29 is 21.9 Å². The van der Waals surface area contributed by atoms with Gasteiger partial charge in [0, 0.05) is 6.42 Å². The van der Waals surface area contributed by atoms with E-state index in [0.29, 0.717) is 18.8 Å². The Bertz CT molecular complexity index is 786. The van der Waals surface area contributed by atoms with Gasteiger partial charge in [0.25, 0.3) is 10.0 Å². The zero-order chi connectivity index (χ0) is 15.0. The summed E-state index contributed by atoms with van der Waals surface area (Å²) in [7, 11) is -4.07. The lowest BCUT2D eigenvalue weighted by Gasteiger charge is -2.10. The van der Waals surface area contributed by atoms with E-state index in [9.17, 15) is 17.2 Å². The van der Waals surface area contributed by atoms with Gasteiger partial charge in [-0.25, -0.2) is 17.2 Å². The fraction of sp³-hybridized carbons (Fsp3) is 0.143. The molecule has 2 aromatic rings. The highest BCUT2D eigenvalue weighted by Gasteiger charge is 2.21. The van der Waals surface area contributed by atoms with Crippen molar-refractivity contribution >= 4 is 15.7 Å². The van der Waals surface area contributed by atoms with Gasteiger partial charge in [-0.2, -0.15) is 0 Å². The number of ether oxygens (including phenoxy) is 1. The summed E-state index contributed by atoms with van der Waals surface area (Å²) in [6, 6.07) is 7.45. The number of hydrogen-bond acceptors (Lipinski definition) is 3. The number of hydrogen-bond donors (Lipinski definition) is 1. The number of nitrogens with one attached hydrogen (secondary N) is 1. The second-order valence-corrected chi connectivity index (χ2v) is 6.25. The summed E-state index contributed by atoms with van der Waals surface area (Å²) in [6.07, 6.45) is 0.604. The summed E-state index contributed by atoms with van der Waals surface area (Å²) in [4.78, 5) is -0.0607. The minimum Gasteiger partial charge on any atom is -0.493 e. The minimum absolute atomic E-state index is 0.0607. The molecule has 0 bridgehead atoms. The number of rotatable bonds is 3. The summed E-state index contributed by atoms with van der Waals surface area (Å²) >= 11 is 0. The molecule has 7 heteroatoms. The normalized spacial score (nSPS) is 13.6. The fourth-order valence-electron chi connectivity index (χ4n) is 2.12. The van der Waals surface area contributed by atoms with Crippen molar-refractivity contribution in [1.29, 1.82) is 0 Å². The van der Waals surface area contributed by atoms with E-state index in [-0.39, 0.29) is 4.90 Å².